The van der Waals surface area contributed by atoms with Gasteiger partial charge in [-0.05, 0) is 30.7 Å². The van der Waals surface area contributed by atoms with Crippen LogP contribution in [0.5, 0.6) is 5.75 Å². The molecule has 0 saturated carbocycles. The highest BCUT2D eigenvalue weighted by atomic mass is 35.5. The third-order valence-electron chi connectivity index (χ3n) is 6.19. The lowest BCUT2D eigenvalue weighted by Gasteiger charge is -2.42. The second kappa shape index (κ2) is 8.76. The van der Waals surface area contributed by atoms with Gasteiger partial charge in [-0.1, -0.05) is 41.1 Å². The summed E-state index contributed by atoms with van der Waals surface area (Å²) in [5.41, 5.74) is 8.30. The fourth-order valence-electron chi connectivity index (χ4n) is 4.58. The van der Waals surface area contributed by atoms with E-state index >= 15 is 0 Å². The van der Waals surface area contributed by atoms with E-state index in [1.807, 2.05) is 11.0 Å². The minimum absolute atomic E-state index is 0.0537. The van der Waals surface area contributed by atoms with Crippen molar-refractivity contribution < 1.29 is 13.9 Å². The molecule has 0 unspecified atom stereocenters. The number of anilines is 1. The van der Waals surface area contributed by atoms with Crippen LogP contribution in [0, 0.1) is 5.82 Å². The quantitative estimate of drug-likeness (QED) is 0.496. The Morgan fingerprint density at radius 3 is 2.97 bits per heavy atom. The smallest absolute Gasteiger partial charge is 0.246 e. The molecule has 1 fully saturated rings. The standard InChI is InChI=1S/C23H21Cl2FN4O2S/c1-2-17(31)30-7-6-29-10-12-9-15(24)18(19(25)21(12)32-8-5-13(29)11-30)14-3-4-16(26)22-20(14)28-23(27)33-22/h2-4,9,13H,1,5-8,10-11H2,(H2,27,28)/t13-/m0/s1. The number of nitrogen functional groups attached to an aromatic ring is 1. The Labute approximate surface area is 204 Å². The second-order valence-electron chi connectivity index (χ2n) is 8.11. The molecule has 172 valence electrons. The van der Waals surface area contributed by atoms with Crippen molar-refractivity contribution >= 4 is 55.8 Å². The first kappa shape index (κ1) is 22.4. The highest BCUT2D eigenvalue weighted by Gasteiger charge is 2.32. The van der Waals surface area contributed by atoms with Crippen LogP contribution >= 0.6 is 34.5 Å². The van der Waals surface area contributed by atoms with E-state index in [0.29, 0.717) is 63.4 Å². The molecule has 6 nitrogen and oxygen atoms in total. The number of carbonyl (C=O) groups excluding carboxylic acids is 1. The molecule has 5 rings (SSSR count). The van der Waals surface area contributed by atoms with Crippen molar-refractivity contribution in [3.63, 3.8) is 0 Å². The number of hydrogen-bond donors (Lipinski definition) is 1. The molecule has 0 aliphatic carbocycles. The topological polar surface area (TPSA) is 71.7 Å². The van der Waals surface area contributed by atoms with E-state index in [2.05, 4.69) is 16.5 Å². The number of nitrogens with two attached hydrogens (primary N) is 1. The molecule has 2 aliphatic rings. The van der Waals surface area contributed by atoms with Crippen molar-refractivity contribution in [1.29, 1.82) is 0 Å². The van der Waals surface area contributed by atoms with Gasteiger partial charge in [0.25, 0.3) is 0 Å². The van der Waals surface area contributed by atoms with E-state index in [4.69, 9.17) is 33.7 Å². The second-order valence-corrected chi connectivity index (χ2v) is 9.93. The van der Waals surface area contributed by atoms with Gasteiger partial charge in [0.1, 0.15) is 11.6 Å². The fraction of sp³-hybridized carbons (Fsp3) is 0.304. The van der Waals surface area contributed by atoms with Crippen molar-refractivity contribution in [1.82, 2.24) is 14.8 Å². The summed E-state index contributed by atoms with van der Waals surface area (Å²) in [6.45, 7) is 6.62. The van der Waals surface area contributed by atoms with Crippen LogP contribution in [0.2, 0.25) is 10.0 Å². The molecule has 0 bridgehead atoms. The number of ether oxygens (including phenoxy) is 1. The number of halogens is 3. The predicted octanol–water partition coefficient (Wildman–Crippen LogP) is 4.97. The van der Waals surface area contributed by atoms with E-state index in [0.717, 1.165) is 29.9 Å². The van der Waals surface area contributed by atoms with Crippen LogP contribution in [0.25, 0.3) is 21.3 Å². The number of hydrogen-bond acceptors (Lipinski definition) is 6. The average molecular weight is 507 g/mol. The van der Waals surface area contributed by atoms with Gasteiger partial charge in [0.2, 0.25) is 5.91 Å². The first-order chi connectivity index (χ1) is 15.9. The zero-order valence-electron chi connectivity index (χ0n) is 17.6. The molecule has 1 atom stereocenters. The van der Waals surface area contributed by atoms with Gasteiger partial charge < -0.3 is 15.4 Å². The van der Waals surface area contributed by atoms with E-state index < -0.39 is 5.82 Å². The number of benzene rings is 2. The summed E-state index contributed by atoms with van der Waals surface area (Å²) in [7, 11) is 0. The zero-order valence-corrected chi connectivity index (χ0v) is 19.9. The molecule has 3 heterocycles. The lowest BCUT2D eigenvalue weighted by atomic mass is 9.99. The van der Waals surface area contributed by atoms with Crippen molar-refractivity contribution in [2.75, 3.05) is 32.0 Å². The number of amides is 1. The van der Waals surface area contributed by atoms with Crippen molar-refractivity contribution in [3.05, 3.63) is 52.3 Å². The van der Waals surface area contributed by atoms with Crippen molar-refractivity contribution in [2.45, 2.75) is 19.0 Å². The molecular formula is C23H21Cl2FN4O2S. The van der Waals surface area contributed by atoms with Gasteiger partial charge in [-0.15, -0.1) is 0 Å². The molecule has 33 heavy (non-hydrogen) atoms. The van der Waals surface area contributed by atoms with Crippen molar-refractivity contribution in [2.24, 2.45) is 0 Å². The van der Waals surface area contributed by atoms with Gasteiger partial charge >= 0.3 is 0 Å². The summed E-state index contributed by atoms with van der Waals surface area (Å²) in [4.78, 5) is 20.5. The Kier molecular flexibility index (Phi) is 5.95. The number of piperazine rings is 1. The molecule has 10 heteroatoms. The Hall–Kier alpha value is -2.39. The molecule has 2 N–H and O–H groups in total. The summed E-state index contributed by atoms with van der Waals surface area (Å²) >= 11 is 14.7. The van der Waals surface area contributed by atoms with E-state index in [1.54, 1.807) is 6.07 Å². The van der Waals surface area contributed by atoms with Crippen LogP contribution in [0.1, 0.15) is 12.0 Å². The van der Waals surface area contributed by atoms with Crippen LogP contribution in [0.4, 0.5) is 9.52 Å². The number of carbonyl (C=O) groups is 1. The Morgan fingerprint density at radius 1 is 1.36 bits per heavy atom. The number of rotatable bonds is 2. The van der Waals surface area contributed by atoms with E-state index in [1.165, 1.54) is 12.1 Å². The maximum absolute atomic E-state index is 14.3. The SMILES string of the molecule is C=CC(=O)N1CCN2Cc3cc(Cl)c(-c4ccc(F)c5sc(N)nc45)c(Cl)c3OCC[C@H]2C1. The molecule has 2 aliphatic heterocycles. The molecule has 1 amide bonds. The molecule has 1 saturated heterocycles. The van der Waals surface area contributed by atoms with Crippen LogP contribution in [-0.4, -0.2) is 53.0 Å². The van der Waals surface area contributed by atoms with Crippen LogP contribution < -0.4 is 10.5 Å². The third kappa shape index (κ3) is 3.95. The number of fused-ring (bicyclic) bond motifs is 3. The van der Waals surface area contributed by atoms with Crippen LogP contribution in [-0.2, 0) is 11.3 Å². The van der Waals surface area contributed by atoms with Gasteiger partial charge in [0.05, 0.1) is 26.9 Å². The van der Waals surface area contributed by atoms with Gasteiger partial charge in [-0.3, -0.25) is 9.69 Å². The molecule has 2 aromatic carbocycles. The van der Waals surface area contributed by atoms with Crippen LogP contribution in [0.3, 0.4) is 0 Å². The highest BCUT2D eigenvalue weighted by Crippen LogP contribution is 2.47. The predicted molar refractivity (Wildman–Crippen MR) is 131 cm³/mol. The summed E-state index contributed by atoms with van der Waals surface area (Å²) < 4.78 is 20.8. The van der Waals surface area contributed by atoms with Crippen LogP contribution in [0.15, 0.2) is 30.9 Å². The molecule has 0 spiro atoms. The largest absolute Gasteiger partial charge is 0.492 e. The number of aromatic nitrogens is 1. The van der Waals surface area contributed by atoms with Gasteiger partial charge in [-0.2, -0.15) is 0 Å². The Balaban J connectivity index is 1.54. The minimum Gasteiger partial charge on any atom is -0.492 e. The number of nitrogens with zero attached hydrogens (tertiary/aromatic N) is 3. The fourth-order valence-corrected chi connectivity index (χ4v) is 6.10. The third-order valence-corrected chi connectivity index (χ3v) is 7.75. The molecule has 1 aromatic heterocycles. The molecule has 0 radical (unpaired) electrons. The average Bonchev–Trinajstić information content (AvgIpc) is 3.18. The molecule has 3 aromatic rings. The van der Waals surface area contributed by atoms with Crippen molar-refractivity contribution in [3.8, 4) is 16.9 Å². The lowest BCUT2D eigenvalue weighted by molar-refractivity contribution is -0.129. The van der Waals surface area contributed by atoms with E-state index in [-0.39, 0.29) is 17.1 Å². The lowest BCUT2D eigenvalue weighted by Crippen LogP contribution is -2.54. The van der Waals surface area contributed by atoms with Gasteiger partial charge in [0, 0.05) is 48.9 Å². The Bertz CT molecular complexity index is 1280. The number of thiazole rings is 1. The maximum Gasteiger partial charge on any atom is 0.246 e. The Morgan fingerprint density at radius 2 is 2.18 bits per heavy atom. The summed E-state index contributed by atoms with van der Waals surface area (Å²) in [6.07, 6.45) is 2.10. The maximum atomic E-state index is 14.3. The van der Waals surface area contributed by atoms with E-state index in [9.17, 15) is 9.18 Å². The zero-order chi connectivity index (χ0) is 23.3. The normalized spacial score (nSPS) is 18.8. The first-order valence-corrected chi connectivity index (χ1v) is 12.1. The summed E-state index contributed by atoms with van der Waals surface area (Å²) in [5.74, 6) is 0.125. The van der Waals surface area contributed by atoms with Gasteiger partial charge in [-0.25, -0.2) is 9.37 Å². The highest BCUT2D eigenvalue weighted by molar-refractivity contribution is 7.22. The minimum atomic E-state index is -0.391. The first-order valence-electron chi connectivity index (χ1n) is 10.5. The van der Waals surface area contributed by atoms with Gasteiger partial charge in [0.15, 0.2) is 5.13 Å². The summed E-state index contributed by atoms with van der Waals surface area (Å²) in [5, 5.41) is 1.07. The molecular weight excluding hydrogens is 486 g/mol. The summed E-state index contributed by atoms with van der Waals surface area (Å²) in [6, 6.07) is 5.01. The monoisotopic (exact) mass is 506 g/mol.